The van der Waals surface area contributed by atoms with Gasteiger partial charge in [-0.3, -0.25) is 4.79 Å². The van der Waals surface area contributed by atoms with Gasteiger partial charge in [0.1, 0.15) is 5.60 Å². The van der Waals surface area contributed by atoms with Crippen molar-refractivity contribution < 1.29 is 19.4 Å². The second kappa shape index (κ2) is 7.76. The molecule has 1 saturated carbocycles. The topological polar surface area (TPSA) is 90.9 Å². The molecular formula is C20H29N3O4. The summed E-state index contributed by atoms with van der Waals surface area (Å²) in [5.74, 6) is 0.820. The number of alkyl carbamates (subject to hydrolysis) is 1. The number of nitrogens with zero attached hydrogens (tertiary/aromatic N) is 1. The van der Waals surface area contributed by atoms with Crippen LogP contribution in [0, 0.1) is 5.92 Å². The Balaban J connectivity index is 1.47. The summed E-state index contributed by atoms with van der Waals surface area (Å²) in [5.41, 5.74) is 2.31. The van der Waals surface area contributed by atoms with Crippen molar-refractivity contribution in [3.63, 3.8) is 0 Å². The molecule has 1 aliphatic heterocycles. The quantitative estimate of drug-likeness (QED) is 0.680. The van der Waals surface area contributed by atoms with Crippen LogP contribution >= 0.6 is 0 Å². The van der Waals surface area contributed by atoms with E-state index in [1.807, 2.05) is 23.1 Å². The van der Waals surface area contributed by atoms with E-state index in [1.165, 1.54) is 12.8 Å². The molecule has 1 aromatic carbocycles. The van der Waals surface area contributed by atoms with E-state index in [1.54, 1.807) is 20.8 Å². The number of hydrogen-bond acceptors (Lipinski definition) is 5. The Morgan fingerprint density at radius 1 is 1.33 bits per heavy atom. The van der Waals surface area contributed by atoms with Gasteiger partial charge in [0, 0.05) is 31.0 Å². The van der Waals surface area contributed by atoms with Crippen molar-refractivity contribution in [1.82, 2.24) is 5.32 Å². The number of hydrogen-bond donors (Lipinski definition) is 3. The molecule has 1 aromatic rings. The zero-order valence-electron chi connectivity index (χ0n) is 16.2. The van der Waals surface area contributed by atoms with Crippen LogP contribution < -0.4 is 15.5 Å². The summed E-state index contributed by atoms with van der Waals surface area (Å²) in [7, 11) is 0. The molecule has 0 spiro atoms. The number of carbonyl (C=O) groups is 2. The highest BCUT2D eigenvalue weighted by atomic mass is 16.6. The van der Waals surface area contributed by atoms with Gasteiger partial charge in [-0.1, -0.05) is 0 Å². The van der Waals surface area contributed by atoms with Crippen molar-refractivity contribution >= 4 is 23.4 Å². The standard InChI is InChI=1S/C20H29N3O4/c1-20(2,3)27-19(26)22-11-16(24)10-21-15-6-7-17-14(8-15)9-18(25)23(17)12-13-4-5-13/h6-8,13,16,21,24H,4-5,9-12H2,1-3H3,(H,22,26)/t16-/m0/s1. The lowest BCUT2D eigenvalue weighted by Gasteiger charge is -2.21. The van der Waals surface area contributed by atoms with Crippen LogP contribution in [0.4, 0.5) is 16.2 Å². The van der Waals surface area contributed by atoms with E-state index in [9.17, 15) is 14.7 Å². The number of aliphatic hydroxyl groups is 1. The predicted octanol–water partition coefficient (Wildman–Crippen LogP) is 2.28. The van der Waals surface area contributed by atoms with Gasteiger partial charge >= 0.3 is 6.09 Å². The van der Waals surface area contributed by atoms with Crippen molar-refractivity contribution in [2.45, 2.75) is 51.7 Å². The Hall–Kier alpha value is -2.28. The van der Waals surface area contributed by atoms with E-state index in [0.29, 0.717) is 12.3 Å². The second-order valence-corrected chi connectivity index (χ2v) is 8.39. The minimum absolute atomic E-state index is 0.0977. The number of carbonyl (C=O) groups excluding carboxylic acids is 2. The predicted molar refractivity (Wildman–Crippen MR) is 104 cm³/mol. The van der Waals surface area contributed by atoms with Crippen LogP contribution in [0.1, 0.15) is 39.2 Å². The van der Waals surface area contributed by atoms with E-state index in [2.05, 4.69) is 10.6 Å². The Morgan fingerprint density at radius 2 is 2.07 bits per heavy atom. The number of nitrogens with one attached hydrogen (secondary N) is 2. The van der Waals surface area contributed by atoms with Gasteiger partial charge in [0.2, 0.25) is 5.91 Å². The summed E-state index contributed by atoms with van der Waals surface area (Å²) in [5, 5.41) is 15.8. The molecule has 7 nitrogen and oxygen atoms in total. The third-order valence-corrected chi connectivity index (χ3v) is 4.57. The lowest BCUT2D eigenvalue weighted by atomic mass is 10.1. The Bertz CT molecular complexity index is 710. The largest absolute Gasteiger partial charge is 0.444 e. The van der Waals surface area contributed by atoms with Crippen molar-refractivity contribution in [3.05, 3.63) is 23.8 Å². The van der Waals surface area contributed by atoms with E-state index in [4.69, 9.17) is 4.74 Å². The first-order chi connectivity index (χ1) is 12.7. The van der Waals surface area contributed by atoms with Gasteiger partial charge in [0.25, 0.3) is 0 Å². The third kappa shape index (κ3) is 5.60. The molecule has 0 saturated heterocycles. The smallest absolute Gasteiger partial charge is 0.407 e. The number of ether oxygens (including phenoxy) is 1. The molecule has 3 N–H and O–H groups in total. The fourth-order valence-electron chi connectivity index (χ4n) is 3.08. The molecule has 27 heavy (non-hydrogen) atoms. The van der Waals surface area contributed by atoms with Crippen LogP contribution in [0.2, 0.25) is 0 Å². The van der Waals surface area contributed by atoms with E-state index in [-0.39, 0.29) is 19.0 Å². The van der Waals surface area contributed by atoms with Crippen LogP contribution in [-0.2, 0) is 16.0 Å². The number of rotatable bonds is 7. The number of anilines is 2. The van der Waals surface area contributed by atoms with E-state index >= 15 is 0 Å². The fraction of sp³-hybridized carbons (Fsp3) is 0.600. The van der Waals surface area contributed by atoms with Gasteiger partial charge < -0.3 is 25.4 Å². The lowest BCUT2D eigenvalue weighted by molar-refractivity contribution is -0.117. The van der Waals surface area contributed by atoms with E-state index < -0.39 is 17.8 Å². The molecule has 1 atom stereocenters. The van der Waals surface area contributed by atoms with Crippen molar-refractivity contribution in [1.29, 1.82) is 0 Å². The van der Waals surface area contributed by atoms with Crippen LogP contribution in [0.15, 0.2) is 18.2 Å². The summed E-state index contributed by atoms with van der Waals surface area (Å²) >= 11 is 0. The summed E-state index contributed by atoms with van der Waals surface area (Å²) in [4.78, 5) is 25.7. The van der Waals surface area contributed by atoms with Gasteiger partial charge in [-0.2, -0.15) is 0 Å². The second-order valence-electron chi connectivity index (χ2n) is 8.39. The maximum absolute atomic E-state index is 12.2. The monoisotopic (exact) mass is 375 g/mol. The summed E-state index contributed by atoms with van der Waals surface area (Å²) in [6.45, 7) is 6.57. The average Bonchev–Trinajstić information content (AvgIpc) is 3.33. The fourth-order valence-corrected chi connectivity index (χ4v) is 3.08. The highest BCUT2D eigenvalue weighted by Crippen LogP contribution is 2.36. The molecule has 1 aliphatic carbocycles. The first-order valence-corrected chi connectivity index (χ1v) is 9.53. The van der Waals surface area contributed by atoms with Gasteiger partial charge in [0.05, 0.1) is 12.5 Å². The molecule has 3 rings (SSSR count). The molecule has 0 unspecified atom stereocenters. The summed E-state index contributed by atoms with van der Waals surface area (Å²) < 4.78 is 5.14. The molecule has 0 radical (unpaired) electrons. The van der Waals surface area contributed by atoms with Crippen molar-refractivity contribution in [2.24, 2.45) is 5.92 Å². The molecule has 1 fully saturated rings. The number of aliphatic hydroxyl groups excluding tert-OH is 1. The Kier molecular flexibility index (Phi) is 5.60. The summed E-state index contributed by atoms with van der Waals surface area (Å²) in [6.07, 6.45) is 1.56. The molecule has 148 valence electrons. The van der Waals surface area contributed by atoms with Gasteiger partial charge in [-0.15, -0.1) is 0 Å². The minimum Gasteiger partial charge on any atom is -0.444 e. The summed E-state index contributed by atoms with van der Waals surface area (Å²) in [6, 6.07) is 5.86. The van der Waals surface area contributed by atoms with Crippen LogP contribution in [0.3, 0.4) is 0 Å². The Labute approximate surface area is 160 Å². The molecule has 0 aromatic heterocycles. The number of fused-ring (bicyclic) bond motifs is 1. The first-order valence-electron chi connectivity index (χ1n) is 9.53. The molecule has 1 heterocycles. The molecule has 2 aliphatic rings. The van der Waals surface area contributed by atoms with Gasteiger partial charge in [-0.25, -0.2) is 4.79 Å². The highest BCUT2D eigenvalue weighted by Gasteiger charge is 2.32. The maximum atomic E-state index is 12.2. The third-order valence-electron chi connectivity index (χ3n) is 4.57. The lowest BCUT2D eigenvalue weighted by Crippen LogP contribution is -2.39. The van der Waals surface area contributed by atoms with E-state index in [0.717, 1.165) is 23.5 Å². The molecular weight excluding hydrogens is 346 g/mol. The highest BCUT2D eigenvalue weighted by molar-refractivity contribution is 6.01. The number of benzene rings is 1. The van der Waals surface area contributed by atoms with Gasteiger partial charge in [0.15, 0.2) is 0 Å². The number of amides is 2. The minimum atomic E-state index is -0.751. The zero-order valence-corrected chi connectivity index (χ0v) is 16.2. The van der Waals surface area contributed by atoms with Gasteiger partial charge in [-0.05, 0) is 63.3 Å². The first kappa shape index (κ1) is 19.5. The zero-order chi connectivity index (χ0) is 19.6. The normalized spacial score (nSPS) is 17.5. The average molecular weight is 375 g/mol. The molecule has 2 amide bonds. The van der Waals surface area contributed by atoms with Crippen LogP contribution in [0.5, 0.6) is 0 Å². The van der Waals surface area contributed by atoms with Crippen LogP contribution in [0.25, 0.3) is 0 Å². The molecule has 0 bridgehead atoms. The SMILES string of the molecule is CC(C)(C)OC(=O)NC[C@@H](O)CNc1ccc2c(c1)CC(=O)N2CC1CC1. The van der Waals surface area contributed by atoms with Crippen molar-refractivity contribution in [2.75, 3.05) is 29.9 Å². The Morgan fingerprint density at radius 3 is 2.74 bits per heavy atom. The van der Waals surface area contributed by atoms with Crippen molar-refractivity contribution in [3.8, 4) is 0 Å². The maximum Gasteiger partial charge on any atom is 0.407 e. The van der Waals surface area contributed by atoms with Crippen LogP contribution in [-0.4, -0.2) is 48.4 Å². The molecule has 7 heteroatoms.